The molecular formula is C15H30O. The van der Waals surface area contributed by atoms with Crippen molar-refractivity contribution in [2.75, 3.05) is 0 Å². The van der Waals surface area contributed by atoms with E-state index in [1.54, 1.807) is 0 Å². The minimum absolute atomic E-state index is 0.310. The van der Waals surface area contributed by atoms with Gasteiger partial charge in [0.2, 0.25) is 0 Å². The van der Waals surface area contributed by atoms with Crippen LogP contribution in [-0.2, 0) is 0 Å². The Morgan fingerprint density at radius 1 is 1.31 bits per heavy atom. The van der Waals surface area contributed by atoms with Crippen LogP contribution < -0.4 is 0 Å². The third kappa shape index (κ3) is 4.08. The maximum absolute atomic E-state index is 10.6. The van der Waals surface area contributed by atoms with Crippen LogP contribution in [0.1, 0.15) is 78.6 Å². The standard InChI is InChI=1S/C15H30O/c1-4-7-8-13(5-2)11-15(16)10-9-14(6-3)12-15/h13-14,16H,4-12H2,1-3H3. The van der Waals surface area contributed by atoms with Crippen molar-refractivity contribution in [2.45, 2.75) is 84.2 Å². The van der Waals surface area contributed by atoms with Gasteiger partial charge in [0, 0.05) is 0 Å². The zero-order valence-electron chi connectivity index (χ0n) is 11.5. The van der Waals surface area contributed by atoms with Crippen LogP contribution in [0.25, 0.3) is 0 Å². The molecule has 0 aromatic carbocycles. The lowest BCUT2D eigenvalue weighted by Crippen LogP contribution is -2.28. The van der Waals surface area contributed by atoms with E-state index in [4.69, 9.17) is 0 Å². The highest BCUT2D eigenvalue weighted by atomic mass is 16.3. The van der Waals surface area contributed by atoms with E-state index in [1.807, 2.05) is 0 Å². The molecule has 0 saturated heterocycles. The molecule has 1 heteroatoms. The van der Waals surface area contributed by atoms with E-state index in [0.29, 0.717) is 0 Å². The van der Waals surface area contributed by atoms with Gasteiger partial charge in [-0.15, -0.1) is 0 Å². The van der Waals surface area contributed by atoms with Crippen molar-refractivity contribution >= 4 is 0 Å². The van der Waals surface area contributed by atoms with E-state index >= 15 is 0 Å². The van der Waals surface area contributed by atoms with Crippen LogP contribution in [-0.4, -0.2) is 10.7 Å². The fourth-order valence-corrected chi connectivity index (χ4v) is 3.23. The lowest BCUT2D eigenvalue weighted by atomic mass is 9.84. The quantitative estimate of drug-likeness (QED) is 0.676. The summed E-state index contributed by atoms with van der Waals surface area (Å²) in [5.41, 5.74) is -0.310. The second-order valence-corrected chi connectivity index (χ2v) is 5.86. The Hall–Kier alpha value is -0.0400. The molecule has 1 fully saturated rings. The zero-order valence-corrected chi connectivity index (χ0v) is 11.5. The first-order valence-corrected chi connectivity index (χ1v) is 7.36. The summed E-state index contributed by atoms with van der Waals surface area (Å²) in [6.07, 6.45) is 10.8. The van der Waals surface area contributed by atoms with E-state index in [2.05, 4.69) is 20.8 Å². The first kappa shape index (κ1) is 14.0. The van der Waals surface area contributed by atoms with Gasteiger partial charge in [-0.2, -0.15) is 0 Å². The van der Waals surface area contributed by atoms with Crippen molar-refractivity contribution in [1.82, 2.24) is 0 Å². The van der Waals surface area contributed by atoms with Crippen molar-refractivity contribution in [3.63, 3.8) is 0 Å². The molecule has 0 heterocycles. The van der Waals surface area contributed by atoms with E-state index in [-0.39, 0.29) is 5.60 Å². The van der Waals surface area contributed by atoms with Gasteiger partial charge in [0.15, 0.2) is 0 Å². The molecular weight excluding hydrogens is 196 g/mol. The lowest BCUT2D eigenvalue weighted by molar-refractivity contribution is 0.0160. The molecule has 0 spiro atoms. The van der Waals surface area contributed by atoms with Gasteiger partial charge in [0.25, 0.3) is 0 Å². The summed E-state index contributed by atoms with van der Waals surface area (Å²) in [4.78, 5) is 0. The Morgan fingerprint density at radius 3 is 2.56 bits per heavy atom. The Bertz CT molecular complexity index is 190. The van der Waals surface area contributed by atoms with Crippen LogP contribution in [0.15, 0.2) is 0 Å². The topological polar surface area (TPSA) is 20.2 Å². The lowest BCUT2D eigenvalue weighted by Gasteiger charge is -2.28. The van der Waals surface area contributed by atoms with Crippen LogP contribution >= 0.6 is 0 Å². The van der Waals surface area contributed by atoms with Crippen molar-refractivity contribution in [1.29, 1.82) is 0 Å². The second-order valence-electron chi connectivity index (χ2n) is 5.86. The minimum Gasteiger partial charge on any atom is -0.390 e. The van der Waals surface area contributed by atoms with Crippen molar-refractivity contribution in [2.24, 2.45) is 11.8 Å². The van der Waals surface area contributed by atoms with Crippen LogP contribution in [0.5, 0.6) is 0 Å². The predicted octanol–water partition coefficient (Wildman–Crippen LogP) is 4.53. The summed E-state index contributed by atoms with van der Waals surface area (Å²) in [6.45, 7) is 6.78. The third-order valence-corrected chi connectivity index (χ3v) is 4.48. The van der Waals surface area contributed by atoms with E-state index in [9.17, 15) is 5.11 Å². The molecule has 0 bridgehead atoms. The molecule has 1 aliphatic carbocycles. The molecule has 0 amide bonds. The molecule has 1 nitrogen and oxygen atoms in total. The molecule has 0 aliphatic heterocycles. The Kier molecular flexibility index (Phi) is 5.82. The smallest absolute Gasteiger partial charge is 0.0653 e. The Balaban J connectivity index is 2.38. The first-order valence-electron chi connectivity index (χ1n) is 7.36. The predicted molar refractivity (Wildman–Crippen MR) is 70.5 cm³/mol. The van der Waals surface area contributed by atoms with Gasteiger partial charge in [-0.1, -0.05) is 52.9 Å². The van der Waals surface area contributed by atoms with Crippen LogP contribution in [0, 0.1) is 11.8 Å². The molecule has 16 heavy (non-hydrogen) atoms. The molecule has 0 aromatic heterocycles. The Morgan fingerprint density at radius 2 is 2.06 bits per heavy atom. The van der Waals surface area contributed by atoms with Gasteiger partial charge in [-0.05, 0) is 37.5 Å². The summed E-state index contributed by atoms with van der Waals surface area (Å²) >= 11 is 0. The fraction of sp³-hybridized carbons (Fsp3) is 1.00. The monoisotopic (exact) mass is 226 g/mol. The maximum Gasteiger partial charge on any atom is 0.0653 e. The first-order chi connectivity index (χ1) is 7.63. The van der Waals surface area contributed by atoms with Crippen molar-refractivity contribution in [3.8, 4) is 0 Å². The fourth-order valence-electron chi connectivity index (χ4n) is 3.23. The average molecular weight is 226 g/mol. The summed E-state index contributed by atoms with van der Waals surface area (Å²) in [5, 5.41) is 10.6. The molecule has 3 atom stereocenters. The molecule has 0 aromatic rings. The minimum atomic E-state index is -0.310. The van der Waals surface area contributed by atoms with Gasteiger partial charge in [-0.3, -0.25) is 0 Å². The highest BCUT2D eigenvalue weighted by Crippen LogP contribution is 2.41. The van der Waals surface area contributed by atoms with Crippen LogP contribution in [0.4, 0.5) is 0 Å². The largest absolute Gasteiger partial charge is 0.390 e. The summed E-state index contributed by atoms with van der Waals surface area (Å²) in [5.74, 6) is 1.54. The van der Waals surface area contributed by atoms with Gasteiger partial charge in [0.1, 0.15) is 0 Å². The Labute approximate surface area is 102 Å². The molecule has 0 radical (unpaired) electrons. The zero-order chi connectivity index (χ0) is 12.0. The molecule has 1 N–H and O–H groups in total. The van der Waals surface area contributed by atoms with Gasteiger partial charge in [-0.25, -0.2) is 0 Å². The molecule has 1 saturated carbocycles. The van der Waals surface area contributed by atoms with Gasteiger partial charge < -0.3 is 5.11 Å². The SMILES string of the molecule is CCCCC(CC)CC1(O)CCC(CC)C1. The normalized spacial score (nSPS) is 31.9. The number of rotatable bonds is 7. The van der Waals surface area contributed by atoms with Crippen molar-refractivity contribution in [3.05, 3.63) is 0 Å². The van der Waals surface area contributed by atoms with Gasteiger partial charge >= 0.3 is 0 Å². The molecule has 3 unspecified atom stereocenters. The number of hydrogen-bond donors (Lipinski definition) is 1. The second kappa shape index (κ2) is 6.64. The third-order valence-electron chi connectivity index (χ3n) is 4.48. The van der Waals surface area contributed by atoms with Crippen LogP contribution in [0.2, 0.25) is 0 Å². The van der Waals surface area contributed by atoms with E-state index < -0.39 is 0 Å². The molecule has 1 rings (SSSR count). The molecule has 1 aliphatic rings. The highest BCUT2D eigenvalue weighted by molar-refractivity contribution is 4.90. The number of hydrogen-bond acceptors (Lipinski definition) is 1. The molecule has 96 valence electrons. The van der Waals surface area contributed by atoms with Crippen molar-refractivity contribution < 1.29 is 5.11 Å². The number of aliphatic hydroxyl groups is 1. The van der Waals surface area contributed by atoms with Gasteiger partial charge in [0.05, 0.1) is 5.60 Å². The summed E-state index contributed by atoms with van der Waals surface area (Å²) in [7, 11) is 0. The summed E-state index contributed by atoms with van der Waals surface area (Å²) in [6, 6.07) is 0. The highest BCUT2D eigenvalue weighted by Gasteiger charge is 2.37. The van der Waals surface area contributed by atoms with E-state index in [0.717, 1.165) is 31.1 Å². The summed E-state index contributed by atoms with van der Waals surface area (Å²) < 4.78 is 0. The van der Waals surface area contributed by atoms with Crippen LogP contribution in [0.3, 0.4) is 0 Å². The maximum atomic E-state index is 10.6. The van der Waals surface area contributed by atoms with E-state index in [1.165, 1.54) is 38.5 Å². The number of unbranched alkanes of at least 4 members (excludes halogenated alkanes) is 1. The average Bonchev–Trinajstić information content (AvgIpc) is 2.66.